The first-order chi connectivity index (χ1) is 8.56. The molecule has 2 heterocycles. The van der Waals surface area contributed by atoms with E-state index in [1.165, 1.54) is 0 Å². The summed E-state index contributed by atoms with van der Waals surface area (Å²) in [6, 6.07) is 4.15. The molecule has 4 nitrogen and oxygen atoms in total. The fraction of sp³-hybridized carbons (Fsp3) is 0.385. The molecule has 0 fully saturated rings. The minimum Gasteiger partial charge on any atom is -0.388 e. The first kappa shape index (κ1) is 13.2. The van der Waals surface area contributed by atoms with E-state index in [1.54, 1.807) is 12.4 Å². The summed E-state index contributed by atoms with van der Waals surface area (Å²) in [5.74, 6) is 0. The summed E-state index contributed by atoms with van der Waals surface area (Å²) in [5.41, 5.74) is 1.68. The molecule has 2 aromatic heterocycles. The van der Waals surface area contributed by atoms with Crippen LogP contribution in [0, 0.1) is 0 Å². The van der Waals surface area contributed by atoms with Gasteiger partial charge < -0.3 is 5.11 Å². The summed E-state index contributed by atoms with van der Waals surface area (Å²) < 4.78 is 2.76. The van der Waals surface area contributed by atoms with Crippen LogP contribution in [0.2, 0.25) is 0 Å². The van der Waals surface area contributed by atoms with Gasteiger partial charge in [-0.05, 0) is 41.9 Å². The summed E-state index contributed by atoms with van der Waals surface area (Å²) in [6.45, 7) is 4.15. The maximum absolute atomic E-state index is 10.1. The highest BCUT2D eigenvalue weighted by Gasteiger charge is 2.12. The summed E-state index contributed by atoms with van der Waals surface area (Å²) in [4.78, 5) is 4.05. The second-order valence-electron chi connectivity index (χ2n) is 4.54. The van der Waals surface area contributed by atoms with Gasteiger partial charge in [0, 0.05) is 41.1 Å². The molecule has 0 spiro atoms. The van der Waals surface area contributed by atoms with E-state index in [-0.39, 0.29) is 0 Å². The van der Waals surface area contributed by atoms with Crippen LogP contribution in [0.1, 0.15) is 37.3 Å². The van der Waals surface area contributed by atoms with E-state index < -0.39 is 6.10 Å². The number of aromatic nitrogens is 3. The molecule has 0 aromatic carbocycles. The standard InChI is InChI=1S/C13H16BrN3O/c1-9(2)17-4-3-12(16-17)6-13(18)10-5-11(14)8-15-7-10/h3-5,7-9,13,18H,6H2,1-2H3. The van der Waals surface area contributed by atoms with Gasteiger partial charge in [0.1, 0.15) is 0 Å². The van der Waals surface area contributed by atoms with E-state index in [0.29, 0.717) is 12.5 Å². The molecule has 0 aliphatic carbocycles. The Morgan fingerprint density at radius 1 is 1.39 bits per heavy atom. The van der Waals surface area contributed by atoms with Gasteiger partial charge >= 0.3 is 0 Å². The Hall–Kier alpha value is -1.20. The SMILES string of the molecule is CC(C)n1ccc(CC(O)c2cncc(Br)c2)n1. The van der Waals surface area contributed by atoms with Gasteiger partial charge in [-0.3, -0.25) is 9.67 Å². The number of hydrogen-bond donors (Lipinski definition) is 1. The first-order valence-electron chi connectivity index (χ1n) is 5.89. The summed E-state index contributed by atoms with van der Waals surface area (Å²) in [6.07, 6.45) is 5.23. The van der Waals surface area contributed by atoms with Gasteiger partial charge in [-0.25, -0.2) is 0 Å². The number of nitrogens with zero attached hydrogens (tertiary/aromatic N) is 3. The second-order valence-corrected chi connectivity index (χ2v) is 5.45. The fourth-order valence-electron chi connectivity index (χ4n) is 1.70. The number of aliphatic hydroxyl groups is 1. The maximum Gasteiger partial charge on any atom is 0.0861 e. The summed E-state index contributed by atoms with van der Waals surface area (Å²) in [7, 11) is 0. The molecule has 1 N–H and O–H groups in total. The van der Waals surface area contributed by atoms with Crippen molar-refractivity contribution < 1.29 is 5.11 Å². The molecule has 18 heavy (non-hydrogen) atoms. The quantitative estimate of drug-likeness (QED) is 0.944. The average molecular weight is 310 g/mol. The van der Waals surface area contributed by atoms with Crippen LogP contribution >= 0.6 is 15.9 Å². The third-order valence-electron chi connectivity index (χ3n) is 2.71. The van der Waals surface area contributed by atoms with Crippen molar-refractivity contribution in [2.45, 2.75) is 32.4 Å². The van der Waals surface area contributed by atoms with Crippen molar-refractivity contribution in [3.05, 3.63) is 46.5 Å². The van der Waals surface area contributed by atoms with Crippen molar-refractivity contribution >= 4 is 15.9 Å². The number of halogens is 1. The molecule has 96 valence electrons. The lowest BCUT2D eigenvalue weighted by molar-refractivity contribution is 0.176. The van der Waals surface area contributed by atoms with Gasteiger partial charge in [0.05, 0.1) is 11.8 Å². The highest BCUT2D eigenvalue weighted by Crippen LogP contribution is 2.20. The number of aliphatic hydroxyl groups excluding tert-OH is 1. The Balaban J connectivity index is 2.08. The third kappa shape index (κ3) is 3.17. The molecule has 5 heteroatoms. The predicted octanol–water partition coefficient (Wildman–Crippen LogP) is 2.90. The van der Waals surface area contributed by atoms with Gasteiger partial charge in [-0.15, -0.1) is 0 Å². The second kappa shape index (κ2) is 5.63. The molecule has 1 unspecified atom stereocenters. The lowest BCUT2D eigenvalue weighted by atomic mass is 10.1. The molecule has 0 bridgehead atoms. The minimum absolute atomic E-state index is 0.337. The van der Waals surface area contributed by atoms with Gasteiger partial charge in [0.15, 0.2) is 0 Å². The van der Waals surface area contributed by atoms with E-state index >= 15 is 0 Å². The van der Waals surface area contributed by atoms with Gasteiger partial charge in [-0.2, -0.15) is 5.10 Å². The van der Waals surface area contributed by atoms with Gasteiger partial charge in [-0.1, -0.05) is 0 Å². The van der Waals surface area contributed by atoms with Crippen LogP contribution in [-0.4, -0.2) is 19.9 Å². The average Bonchev–Trinajstić information content (AvgIpc) is 2.77. The molecule has 0 aliphatic rings. The molecule has 2 aromatic rings. The van der Waals surface area contributed by atoms with Gasteiger partial charge in [0.25, 0.3) is 0 Å². The lowest BCUT2D eigenvalue weighted by Gasteiger charge is -2.09. The van der Waals surface area contributed by atoms with Crippen molar-refractivity contribution in [1.82, 2.24) is 14.8 Å². The first-order valence-corrected chi connectivity index (χ1v) is 6.68. The van der Waals surface area contributed by atoms with Crippen molar-refractivity contribution in [3.8, 4) is 0 Å². The number of hydrogen-bond acceptors (Lipinski definition) is 3. The van der Waals surface area contributed by atoms with Gasteiger partial charge in [0.2, 0.25) is 0 Å². The Morgan fingerprint density at radius 2 is 2.17 bits per heavy atom. The Kier molecular flexibility index (Phi) is 4.14. The van der Waals surface area contributed by atoms with E-state index in [2.05, 4.69) is 39.9 Å². The highest BCUT2D eigenvalue weighted by molar-refractivity contribution is 9.10. The van der Waals surface area contributed by atoms with Crippen LogP contribution in [-0.2, 0) is 6.42 Å². The third-order valence-corrected chi connectivity index (χ3v) is 3.14. The van der Waals surface area contributed by atoms with E-state index in [0.717, 1.165) is 15.7 Å². The molecule has 0 amide bonds. The fourth-order valence-corrected chi connectivity index (χ4v) is 2.08. The molecule has 0 saturated carbocycles. The monoisotopic (exact) mass is 309 g/mol. The summed E-state index contributed by atoms with van der Waals surface area (Å²) >= 11 is 3.35. The molecule has 1 atom stereocenters. The van der Waals surface area contributed by atoms with E-state index in [1.807, 2.05) is 23.0 Å². The van der Waals surface area contributed by atoms with Crippen LogP contribution in [0.3, 0.4) is 0 Å². The van der Waals surface area contributed by atoms with Crippen LogP contribution in [0.5, 0.6) is 0 Å². The van der Waals surface area contributed by atoms with Crippen LogP contribution in [0.25, 0.3) is 0 Å². The number of pyridine rings is 1. The van der Waals surface area contributed by atoms with Crippen molar-refractivity contribution in [2.75, 3.05) is 0 Å². The van der Waals surface area contributed by atoms with Crippen LogP contribution in [0.4, 0.5) is 0 Å². The molecular weight excluding hydrogens is 294 g/mol. The van der Waals surface area contributed by atoms with E-state index in [4.69, 9.17) is 0 Å². The normalized spacial score (nSPS) is 12.9. The largest absolute Gasteiger partial charge is 0.388 e. The zero-order chi connectivity index (χ0) is 13.1. The van der Waals surface area contributed by atoms with Crippen LogP contribution < -0.4 is 0 Å². The Bertz CT molecular complexity index is 524. The molecular formula is C13H16BrN3O. The maximum atomic E-state index is 10.1. The lowest BCUT2D eigenvalue weighted by Crippen LogP contribution is -2.05. The summed E-state index contributed by atoms with van der Waals surface area (Å²) in [5, 5.41) is 14.6. The Labute approximate surface area is 115 Å². The van der Waals surface area contributed by atoms with E-state index in [9.17, 15) is 5.11 Å². The van der Waals surface area contributed by atoms with Crippen molar-refractivity contribution in [2.24, 2.45) is 0 Å². The smallest absolute Gasteiger partial charge is 0.0861 e. The zero-order valence-electron chi connectivity index (χ0n) is 10.4. The highest BCUT2D eigenvalue weighted by atomic mass is 79.9. The molecule has 0 radical (unpaired) electrons. The topological polar surface area (TPSA) is 50.9 Å². The predicted molar refractivity (Wildman–Crippen MR) is 73.2 cm³/mol. The molecule has 2 rings (SSSR count). The zero-order valence-corrected chi connectivity index (χ0v) is 12.0. The van der Waals surface area contributed by atoms with Crippen LogP contribution in [0.15, 0.2) is 35.2 Å². The Morgan fingerprint density at radius 3 is 2.78 bits per heavy atom. The molecule has 0 aliphatic heterocycles. The molecule has 0 saturated heterocycles. The minimum atomic E-state index is -0.578. The van der Waals surface area contributed by atoms with Crippen molar-refractivity contribution in [3.63, 3.8) is 0 Å². The van der Waals surface area contributed by atoms with Crippen molar-refractivity contribution in [1.29, 1.82) is 0 Å². The number of rotatable bonds is 4.